The van der Waals surface area contributed by atoms with Gasteiger partial charge >= 0.3 is 24.3 Å². The van der Waals surface area contributed by atoms with Crippen LogP contribution in [0.3, 0.4) is 0 Å². The van der Waals surface area contributed by atoms with Crippen molar-refractivity contribution in [1.82, 2.24) is 5.32 Å². The van der Waals surface area contributed by atoms with Crippen molar-refractivity contribution in [2.75, 3.05) is 13.1 Å². The van der Waals surface area contributed by atoms with Crippen LogP contribution in [0.5, 0.6) is 0 Å². The third-order valence-electron chi connectivity index (χ3n) is 4.21. The first kappa shape index (κ1) is 24.2. The summed E-state index contributed by atoms with van der Waals surface area (Å²) in [5.41, 5.74) is -1.70. The maximum absolute atomic E-state index is 13.0. The highest BCUT2D eigenvalue weighted by Gasteiger charge is 2.39. The van der Waals surface area contributed by atoms with Crippen LogP contribution in [0, 0.1) is 17.2 Å². The number of alkyl halides is 6. The van der Waals surface area contributed by atoms with Crippen molar-refractivity contribution in [3.05, 3.63) is 34.9 Å². The maximum Gasteiger partial charge on any atom is 0.490 e. The molecule has 1 aliphatic heterocycles. The SMILES string of the molecule is N#Cc1c(C(C(=O)O)C2CCNCC2)cccc1C(F)(F)F.O=C(O)C(F)(F)F. The van der Waals surface area contributed by atoms with E-state index in [0.29, 0.717) is 25.9 Å². The van der Waals surface area contributed by atoms with Crippen LogP contribution in [0.25, 0.3) is 0 Å². The van der Waals surface area contributed by atoms with Gasteiger partial charge in [0.2, 0.25) is 0 Å². The van der Waals surface area contributed by atoms with E-state index in [2.05, 4.69) is 5.32 Å². The molecular formula is C17H16F6N2O4. The van der Waals surface area contributed by atoms with Gasteiger partial charge in [0.15, 0.2) is 0 Å². The van der Waals surface area contributed by atoms with Gasteiger partial charge in [-0.05, 0) is 43.5 Å². The summed E-state index contributed by atoms with van der Waals surface area (Å²) in [5.74, 6) is -5.33. The van der Waals surface area contributed by atoms with Crippen LogP contribution in [0.15, 0.2) is 18.2 Å². The summed E-state index contributed by atoms with van der Waals surface area (Å²) >= 11 is 0. The molecule has 1 aliphatic rings. The van der Waals surface area contributed by atoms with E-state index >= 15 is 0 Å². The van der Waals surface area contributed by atoms with Gasteiger partial charge in [-0.25, -0.2) is 4.79 Å². The maximum atomic E-state index is 13.0. The first-order valence-corrected chi connectivity index (χ1v) is 8.14. The third kappa shape index (κ3) is 6.63. The number of nitriles is 1. The molecule has 0 amide bonds. The molecule has 0 spiro atoms. The van der Waals surface area contributed by atoms with Crippen molar-refractivity contribution in [1.29, 1.82) is 5.26 Å². The van der Waals surface area contributed by atoms with Crippen molar-refractivity contribution < 1.29 is 46.1 Å². The summed E-state index contributed by atoms with van der Waals surface area (Å²) in [7, 11) is 0. The second kappa shape index (κ2) is 9.60. The number of hydrogen-bond acceptors (Lipinski definition) is 4. The number of nitrogens with zero attached hydrogens (tertiary/aromatic N) is 1. The molecule has 1 saturated heterocycles. The average Bonchev–Trinajstić information content (AvgIpc) is 2.61. The number of carbonyl (C=O) groups is 2. The molecule has 1 heterocycles. The van der Waals surface area contributed by atoms with Gasteiger partial charge in [-0.15, -0.1) is 0 Å². The van der Waals surface area contributed by atoms with Gasteiger partial charge in [-0.1, -0.05) is 12.1 Å². The van der Waals surface area contributed by atoms with Crippen LogP contribution in [0.2, 0.25) is 0 Å². The fraction of sp³-hybridized carbons (Fsp3) is 0.471. The molecule has 2 rings (SSSR count). The fourth-order valence-electron chi connectivity index (χ4n) is 2.96. The fourth-order valence-corrected chi connectivity index (χ4v) is 2.96. The minimum Gasteiger partial charge on any atom is -0.481 e. The van der Waals surface area contributed by atoms with Crippen LogP contribution >= 0.6 is 0 Å². The van der Waals surface area contributed by atoms with Gasteiger partial charge in [0.05, 0.1) is 17.0 Å². The smallest absolute Gasteiger partial charge is 0.481 e. The first-order chi connectivity index (χ1) is 13.3. The van der Waals surface area contributed by atoms with Crippen LogP contribution in [-0.4, -0.2) is 41.4 Å². The van der Waals surface area contributed by atoms with Gasteiger partial charge in [0, 0.05) is 0 Å². The Labute approximate surface area is 160 Å². The third-order valence-corrected chi connectivity index (χ3v) is 4.21. The molecule has 1 aromatic rings. The van der Waals surface area contributed by atoms with Gasteiger partial charge in [0.25, 0.3) is 0 Å². The lowest BCUT2D eigenvalue weighted by Gasteiger charge is -2.29. The quantitative estimate of drug-likeness (QED) is 0.640. The van der Waals surface area contributed by atoms with E-state index in [-0.39, 0.29) is 11.5 Å². The average molecular weight is 426 g/mol. The minimum absolute atomic E-state index is 0.0447. The number of carboxylic acid groups (broad SMARTS) is 2. The molecule has 0 bridgehead atoms. The summed E-state index contributed by atoms with van der Waals surface area (Å²) in [4.78, 5) is 20.5. The molecule has 1 unspecified atom stereocenters. The van der Waals surface area contributed by atoms with Crippen molar-refractivity contribution in [2.24, 2.45) is 5.92 Å². The lowest BCUT2D eigenvalue weighted by molar-refractivity contribution is -0.192. The van der Waals surface area contributed by atoms with Crippen molar-refractivity contribution in [2.45, 2.75) is 31.1 Å². The van der Waals surface area contributed by atoms with Crippen LogP contribution in [0.1, 0.15) is 35.4 Å². The van der Waals surface area contributed by atoms with Gasteiger partial charge in [-0.3, -0.25) is 4.79 Å². The Bertz CT molecular complexity index is 780. The van der Waals surface area contributed by atoms with Crippen LogP contribution < -0.4 is 5.32 Å². The van der Waals surface area contributed by atoms with E-state index in [1.54, 1.807) is 6.07 Å². The number of carboxylic acids is 2. The molecule has 0 radical (unpaired) electrons. The standard InChI is InChI=1S/C15H15F3N2O2.C2HF3O2/c16-15(17,18)12-3-1-2-10(11(12)8-19)13(14(21)22)9-4-6-20-7-5-9;3-2(4,5)1(6)7/h1-3,9,13,20H,4-7H2,(H,21,22);(H,6,7). The Balaban J connectivity index is 0.000000516. The van der Waals surface area contributed by atoms with Gasteiger partial charge in [0.1, 0.15) is 6.07 Å². The zero-order valence-corrected chi connectivity index (χ0v) is 14.6. The zero-order valence-electron chi connectivity index (χ0n) is 14.6. The number of halogens is 6. The second-order valence-electron chi connectivity index (χ2n) is 6.09. The van der Waals surface area contributed by atoms with Crippen LogP contribution in [-0.2, 0) is 15.8 Å². The van der Waals surface area contributed by atoms with E-state index in [0.717, 1.165) is 12.1 Å². The first-order valence-electron chi connectivity index (χ1n) is 8.14. The topological polar surface area (TPSA) is 110 Å². The Morgan fingerprint density at radius 2 is 1.62 bits per heavy atom. The lowest BCUT2D eigenvalue weighted by atomic mass is 9.78. The zero-order chi connectivity index (χ0) is 22.4. The summed E-state index contributed by atoms with van der Waals surface area (Å²) in [6, 6.07) is 4.83. The molecule has 1 fully saturated rings. The Morgan fingerprint density at radius 1 is 1.10 bits per heavy atom. The lowest BCUT2D eigenvalue weighted by Crippen LogP contribution is -2.34. The molecule has 160 valence electrons. The molecule has 0 aromatic heterocycles. The molecule has 12 heteroatoms. The number of rotatable bonds is 3. The summed E-state index contributed by atoms with van der Waals surface area (Å²) < 4.78 is 70.8. The van der Waals surface area contributed by atoms with Crippen molar-refractivity contribution >= 4 is 11.9 Å². The van der Waals surface area contributed by atoms with Crippen LogP contribution in [0.4, 0.5) is 26.3 Å². The summed E-state index contributed by atoms with van der Waals surface area (Å²) in [6.45, 7) is 1.24. The minimum atomic E-state index is -5.08. The molecule has 1 atom stereocenters. The highest BCUT2D eigenvalue weighted by Crippen LogP contribution is 2.38. The molecule has 1 aromatic carbocycles. The van der Waals surface area contributed by atoms with E-state index < -0.39 is 41.3 Å². The Kier molecular flexibility index (Phi) is 8.02. The molecule has 6 nitrogen and oxygen atoms in total. The number of nitrogens with one attached hydrogen (secondary N) is 1. The monoisotopic (exact) mass is 426 g/mol. The predicted octanol–water partition coefficient (Wildman–Crippen LogP) is 3.38. The number of hydrogen-bond donors (Lipinski definition) is 3. The largest absolute Gasteiger partial charge is 0.490 e. The van der Waals surface area contributed by atoms with Crippen molar-refractivity contribution in [3.8, 4) is 6.07 Å². The van der Waals surface area contributed by atoms with E-state index in [4.69, 9.17) is 15.2 Å². The van der Waals surface area contributed by atoms with Crippen molar-refractivity contribution in [3.63, 3.8) is 0 Å². The van der Waals surface area contributed by atoms with E-state index in [1.807, 2.05) is 0 Å². The predicted molar refractivity (Wildman–Crippen MR) is 85.8 cm³/mol. The highest BCUT2D eigenvalue weighted by molar-refractivity contribution is 5.78. The summed E-state index contributed by atoms with van der Waals surface area (Å²) in [6.07, 6.45) is -8.66. The Morgan fingerprint density at radius 3 is 2.00 bits per heavy atom. The number of aliphatic carboxylic acids is 2. The van der Waals surface area contributed by atoms with E-state index in [9.17, 15) is 36.2 Å². The van der Waals surface area contributed by atoms with Gasteiger partial charge in [-0.2, -0.15) is 31.6 Å². The number of piperidine rings is 1. The molecule has 29 heavy (non-hydrogen) atoms. The second-order valence-corrected chi connectivity index (χ2v) is 6.09. The molecular weight excluding hydrogens is 410 g/mol. The molecule has 0 aliphatic carbocycles. The van der Waals surface area contributed by atoms with E-state index in [1.165, 1.54) is 6.07 Å². The highest BCUT2D eigenvalue weighted by atomic mass is 19.4. The number of benzene rings is 1. The normalized spacial score (nSPS) is 16.2. The molecule has 0 saturated carbocycles. The van der Waals surface area contributed by atoms with Gasteiger partial charge < -0.3 is 15.5 Å². The Hall–Kier alpha value is -2.81. The molecule has 3 N–H and O–H groups in total. The summed E-state index contributed by atoms with van der Waals surface area (Å²) in [5, 5.41) is 28.8.